The number of halogens is 1. The van der Waals surface area contributed by atoms with Crippen LogP contribution in [0.1, 0.15) is 1.43 Å². The molecule has 0 saturated carbocycles. The van der Waals surface area contributed by atoms with Crippen molar-refractivity contribution < 1.29 is 89.9 Å². The molecule has 0 bridgehead atoms. The van der Waals surface area contributed by atoms with Crippen LogP contribution in [0.5, 0.6) is 0 Å². The van der Waals surface area contributed by atoms with Gasteiger partial charge in [0.1, 0.15) is 0 Å². The Morgan fingerprint density at radius 1 is 1.57 bits per heavy atom. The summed E-state index contributed by atoms with van der Waals surface area (Å²) in [6.07, 6.45) is 0. The second-order valence-electron chi connectivity index (χ2n) is 0.473. The van der Waals surface area contributed by atoms with E-state index in [-0.39, 0.29) is 71.4 Å². The fourth-order valence-corrected chi connectivity index (χ4v) is 0. The average molecular weight is 191 g/mol. The van der Waals surface area contributed by atoms with Crippen LogP contribution in [0.2, 0.25) is 0 Å². The summed E-state index contributed by atoms with van der Waals surface area (Å²) in [5, 5.41) is 0. The molecule has 39 valence electrons. The zero-order valence-electron chi connectivity index (χ0n) is 4.58. The molecule has 0 unspecified atom stereocenters. The van der Waals surface area contributed by atoms with Crippen LogP contribution in [-0.4, -0.2) is 9.79 Å². The smallest absolute Gasteiger partial charge is 1.00 e. The molecule has 7 heavy (non-hydrogen) atoms. The van der Waals surface area contributed by atoms with Crippen LogP contribution in [0.3, 0.4) is 0 Å². The van der Waals surface area contributed by atoms with Gasteiger partial charge in [0.25, 0.3) is 0 Å². The monoisotopic (exact) mass is 191 g/mol. The van der Waals surface area contributed by atoms with Crippen LogP contribution >= 0.6 is 7.91 Å². The molecule has 0 amide bonds. The largest absolute Gasteiger partial charge is 1.00 e. The van der Waals surface area contributed by atoms with Crippen LogP contribution in [0.15, 0.2) is 0 Å². The molecule has 0 rings (SSSR count). The van der Waals surface area contributed by atoms with Gasteiger partial charge in [0.05, 0.1) is 0 Å². The molecule has 0 fully saturated rings. The molecule has 0 heterocycles. The number of hydrogen-bond acceptors (Lipinski definition) is 1. The Morgan fingerprint density at radius 3 is 1.57 bits per heavy atom. The van der Waals surface area contributed by atoms with Crippen LogP contribution in [0.4, 0.5) is 4.20 Å². The van der Waals surface area contributed by atoms with Gasteiger partial charge < -0.3 is 1.43 Å². The molecule has 0 aromatic carbocycles. The first-order valence-corrected chi connectivity index (χ1v) is 2.25. The van der Waals surface area contributed by atoms with E-state index in [9.17, 15) is 4.20 Å². The van der Waals surface area contributed by atoms with Gasteiger partial charge in [0.2, 0.25) is 0 Å². The molecule has 0 aliphatic rings. The summed E-state index contributed by atoms with van der Waals surface area (Å²) in [6, 6.07) is 0. The molecular weight excluding hydrogens is 188 g/mol. The van der Waals surface area contributed by atoms with Crippen molar-refractivity contribution >= 4 is 7.91 Å². The van der Waals surface area contributed by atoms with Crippen molar-refractivity contribution in [1.82, 2.24) is 0 Å². The molecule has 0 aliphatic carbocycles. The van der Waals surface area contributed by atoms with Crippen molar-refractivity contribution in [1.29, 1.82) is 0 Å². The first-order valence-electron chi connectivity index (χ1n) is 0.752. The molecule has 0 aromatic rings. The SMILES string of the molecule is O=P(O)(O)F.[H-].[K+].[V]. The molecule has 2 N–H and O–H groups in total. The zero-order valence-corrected chi connectivity index (χ0v) is 8.99. The van der Waals surface area contributed by atoms with Crippen molar-refractivity contribution in [2.75, 3.05) is 0 Å². The molecule has 0 atom stereocenters. The van der Waals surface area contributed by atoms with E-state index in [1.165, 1.54) is 0 Å². The Balaban J connectivity index is -0.0000000267. The van der Waals surface area contributed by atoms with Crippen LogP contribution in [0, 0.1) is 0 Å². The Hall–Kier alpha value is 2.30. The average Bonchev–Trinajstić information content (AvgIpc) is 0.722. The van der Waals surface area contributed by atoms with E-state index in [1.54, 1.807) is 0 Å². The minimum atomic E-state index is -5.14. The van der Waals surface area contributed by atoms with Crippen LogP contribution in [-0.2, 0) is 23.1 Å². The van der Waals surface area contributed by atoms with Crippen molar-refractivity contribution in [3.63, 3.8) is 0 Å². The summed E-state index contributed by atoms with van der Waals surface area (Å²) < 4.78 is 19.0. The molecule has 7 heteroatoms. The fourth-order valence-electron chi connectivity index (χ4n) is 0. The second-order valence-corrected chi connectivity index (χ2v) is 1.42. The normalized spacial score (nSPS) is 8.43. The van der Waals surface area contributed by atoms with Crippen LogP contribution < -0.4 is 51.4 Å². The topological polar surface area (TPSA) is 57.5 Å². The van der Waals surface area contributed by atoms with Gasteiger partial charge >= 0.3 is 59.3 Å². The van der Waals surface area contributed by atoms with Gasteiger partial charge in [-0.2, -0.15) is 0 Å². The predicted octanol–water partition coefficient (Wildman–Crippen LogP) is -2.84. The standard InChI is InChI=1S/FH2O3P.K.V.H/c1-5(2,3)4;;;/h(H2,2,3,4);;;/q;+1;;-1. The molecule has 1 radical (unpaired) electrons. The van der Waals surface area contributed by atoms with E-state index in [0.717, 1.165) is 0 Å². The Bertz CT molecular complexity index is 65.4. The summed E-state index contributed by atoms with van der Waals surface area (Å²) in [5.74, 6) is 0. The van der Waals surface area contributed by atoms with E-state index in [1.807, 2.05) is 0 Å². The molecular formula is H3FKO3PV. The maximum Gasteiger partial charge on any atom is 1.00 e. The van der Waals surface area contributed by atoms with Gasteiger partial charge in [-0.1, -0.05) is 0 Å². The third kappa shape index (κ3) is 62.3. The minimum Gasteiger partial charge on any atom is -1.00 e. The summed E-state index contributed by atoms with van der Waals surface area (Å²) in [4.78, 5) is 13.9. The van der Waals surface area contributed by atoms with E-state index in [4.69, 9.17) is 14.4 Å². The van der Waals surface area contributed by atoms with Gasteiger partial charge in [-0.15, -0.1) is 4.20 Å². The summed E-state index contributed by atoms with van der Waals surface area (Å²) in [7, 11) is -5.14. The van der Waals surface area contributed by atoms with Crippen molar-refractivity contribution in [3.8, 4) is 0 Å². The number of hydrogen-bond donors (Lipinski definition) is 2. The van der Waals surface area contributed by atoms with Gasteiger partial charge in [-0.05, 0) is 0 Å². The van der Waals surface area contributed by atoms with Gasteiger partial charge in [0, 0.05) is 18.6 Å². The van der Waals surface area contributed by atoms with E-state index in [2.05, 4.69) is 0 Å². The van der Waals surface area contributed by atoms with Crippen molar-refractivity contribution in [2.45, 2.75) is 0 Å². The third-order valence-electron chi connectivity index (χ3n) is 0. The maximum atomic E-state index is 10.4. The summed E-state index contributed by atoms with van der Waals surface area (Å²) in [6.45, 7) is 0. The molecule has 0 aromatic heterocycles. The maximum absolute atomic E-state index is 10.4. The Morgan fingerprint density at radius 2 is 1.57 bits per heavy atom. The number of rotatable bonds is 0. The van der Waals surface area contributed by atoms with Crippen molar-refractivity contribution in [2.24, 2.45) is 0 Å². The third-order valence-corrected chi connectivity index (χ3v) is 0. The van der Waals surface area contributed by atoms with Crippen LogP contribution in [0.25, 0.3) is 0 Å². The van der Waals surface area contributed by atoms with E-state index < -0.39 is 7.91 Å². The Kier molecular flexibility index (Phi) is 14.8. The molecule has 3 nitrogen and oxygen atoms in total. The minimum absolute atomic E-state index is 0. The Labute approximate surface area is 96.1 Å². The van der Waals surface area contributed by atoms with E-state index >= 15 is 0 Å². The van der Waals surface area contributed by atoms with Gasteiger partial charge in [-0.3, -0.25) is 9.79 Å². The fraction of sp³-hybridized carbons (Fsp3) is 0. The summed E-state index contributed by atoms with van der Waals surface area (Å²) in [5.41, 5.74) is 0. The quantitative estimate of drug-likeness (QED) is 0.320. The molecule has 0 saturated heterocycles. The summed E-state index contributed by atoms with van der Waals surface area (Å²) >= 11 is 0. The van der Waals surface area contributed by atoms with Crippen molar-refractivity contribution in [3.05, 3.63) is 0 Å². The molecule has 0 aliphatic heterocycles. The first kappa shape index (κ1) is 16.1. The first-order chi connectivity index (χ1) is 2.00. The predicted molar refractivity (Wildman–Crippen MR) is 14.3 cm³/mol. The zero-order chi connectivity index (χ0) is 4.50. The van der Waals surface area contributed by atoms with Gasteiger partial charge in [0.15, 0.2) is 0 Å². The van der Waals surface area contributed by atoms with E-state index in [0.29, 0.717) is 0 Å². The second kappa shape index (κ2) is 6.42. The molecule has 0 spiro atoms. The van der Waals surface area contributed by atoms with Gasteiger partial charge in [-0.25, -0.2) is 4.57 Å².